The van der Waals surface area contributed by atoms with E-state index in [-0.39, 0.29) is 31.1 Å². The number of hydrogen-bond donors (Lipinski definition) is 0. The van der Waals surface area contributed by atoms with Crippen LogP contribution in [0.4, 0.5) is 0 Å². The summed E-state index contributed by atoms with van der Waals surface area (Å²) in [5.41, 5.74) is 0. The summed E-state index contributed by atoms with van der Waals surface area (Å²) in [4.78, 5) is 38.3. The zero-order valence-electron chi connectivity index (χ0n) is 49.1. The average molecular weight is 1030 g/mol. The van der Waals surface area contributed by atoms with Crippen molar-refractivity contribution in [2.45, 2.75) is 329 Å². The van der Waals surface area contributed by atoms with Gasteiger partial charge in [-0.2, -0.15) is 0 Å². The largest absolute Gasteiger partial charge is 0.462 e. The first kappa shape index (κ1) is 70.8. The molecule has 1 unspecified atom stereocenters. The summed E-state index contributed by atoms with van der Waals surface area (Å²) in [5.74, 6) is -0.911. The molecule has 0 amide bonds. The zero-order valence-corrected chi connectivity index (χ0v) is 49.1. The van der Waals surface area contributed by atoms with E-state index in [1.807, 2.05) is 0 Å². The topological polar surface area (TPSA) is 78.9 Å². The summed E-state index contributed by atoms with van der Waals surface area (Å²) in [6.45, 7) is 6.54. The number of carbonyl (C=O) groups is 3. The lowest BCUT2D eigenvalue weighted by molar-refractivity contribution is -0.167. The van der Waals surface area contributed by atoms with Crippen LogP contribution in [0.2, 0.25) is 0 Å². The molecule has 1 atom stereocenters. The van der Waals surface area contributed by atoms with E-state index in [9.17, 15) is 14.4 Å². The van der Waals surface area contributed by atoms with Gasteiger partial charge in [-0.05, 0) is 70.6 Å². The number of rotatable bonds is 58. The van der Waals surface area contributed by atoms with Gasteiger partial charge in [-0.15, -0.1) is 0 Å². The third-order valence-corrected chi connectivity index (χ3v) is 14.0. The van der Waals surface area contributed by atoms with Crippen molar-refractivity contribution < 1.29 is 28.6 Å². The van der Waals surface area contributed by atoms with Crippen LogP contribution in [-0.2, 0) is 28.6 Å². The Labute approximate surface area is 459 Å². The van der Waals surface area contributed by atoms with Crippen molar-refractivity contribution in [3.05, 3.63) is 72.9 Å². The Hall–Kier alpha value is -3.15. The number of unbranched alkanes of at least 4 members (excludes halogenated alkanes) is 35. The first-order chi connectivity index (χ1) is 36.5. The summed E-state index contributed by atoms with van der Waals surface area (Å²) in [7, 11) is 0. The molecule has 0 N–H and O–H groups in total. The van der Waals surface area contributed by atoms with Crippen LogP contribution < -0.4 is 0 Å². The Bertz CT molecular complexity index is 1370. The number of hydrogen-bond acceptors (Lipinski definition) is 6. The third kappa shape index (κ3) is 59.7. The van der Waals surface area contributed by atoms with E-state index in [2.05, 4.69) is 93.7 Å². The van der Waals surface area contributed by atoms with Crippen LogP contribution in [0.15, 0.2) is 72.9 Å². The predicted octanol–water partition coefficient (Wildman–Crippen LogP) is 21.7. The average Bonchev–Trinajstić information content (AvgIpc) is 3.40. The number of allylic oxidation sites excluding steroid dienone is 12. The SMILES string of the molecule is CC/C=C\C/C=C\C/C=C\C/C=C\C/C=C\C/C=C\CCCCC(=O)OCC(COC(=O)CCCCCCCCCCCCCCCCCCC)OC(=O)CCCCCCCCCCCCCCCCCCCC. The molecule has 0 radical (unpaired) electrons. The maximum absolute atomic E-state index is 12.9. The van der Waals surface area contributed by atoms with Gasteiger partial charge in [0.1, 0.15) is 13.2 Å². The van der Waals surface area contributed by atoms with Crippen molar-refractivity contribution >= 4 is 17.9 Å². The lowest BCUT2D eigenvalue weighted by Crippen LogP contribution is -2.30. The normalized spacial score (nSPS) is 12.5. The molecule has 6 nitrogen and oxygen atoms in total. The van der Waals surface area contributed by atoms with E-state index < -0.39 is 6.10 Å². The molecular weight excluding hydrogens is 913 g/mol. The predicted molar refractivity (Wildman–Crippen MR) is 321 cm³/mol. The molecule has 0 aromatic carbocycles. The van der Waals surface area contributed by atoms with Crippen LogP contribution in [0.3, 0.4) is 0 Å². The van der Waals surface area contributed by atoms with Gasteiger partial charge in [0.15, 0.2) is 6.10 Å². The van der Waals surface area contributed by atoms with Crippen molar-refractivity contribution in [1.82, 2.24) is 0 Å². The minimum absolute atomic E-state index is 0.0847. The zero-order chi connectivity index (χ0) is 53.6. The fourth-order valence-electron chi connectivity index (χ4n) is 9.21. The maximum Gasteiger partial charge on any atom is 0.306 e. The molecule has 0 bridgehead atoms. The summed E-state index contributed by atoms with van der Waals surface area (Å²) in [6.07, 6.45) is 80.5. The Morgan fingerprint density at radius 1 is 0.284 bits per heavy atom. The molecule has 0 saturated heterocycles. The Morgan fingerprint density at radius 3 is 0.824 bits per heavy atom. The van der Waals surface area contributed by atoms with E-state index in [4.69, 9.17) is 14.2 Å². The summed E-state index contributed by atoms with van der Waals surface area (Å²) in [6, 6.07) is 0. The first-order valence-corrected chi connectivity index (χ1v) is 31.9. The lowest BCUT2D eigenvalue weighted by Gasteiger charge is -2.18. The smallest absolute Gasteiger partial charge is 0.306 e. The van der Waals surface area contributed by atoms with Crippen LogP contribution >= 0.6 is 0 Å². The summed E-state index contributed by atoms with van der Waals surface area (Å²) >= 11 is 0. The second-order valence-electron chi connectivity index (χ2n) is 21.3. The quantitative estimate of drug-likeness (QED) is 0.0261. The van der Waals surface area contributed by atoms with Gasteiger partial charge in [0.2, 0.25) is 0 Å². The molecule has 0 aromatic heterocycles. The first-order valence-electron chi connectivity index (χ1n) is 31.9. The van der Waals surface area contributed by atoms with Gasteiger partial charge in [0.05, 0.1) is 0 Å². The molecule has 0 rings (SSSR count). The number of ether oxygens (including phenoxy) is 3. The highest BCUT2D eigenvalue weighted by Gasteiger charge is 2.19. The second kappa shape index (κ2) is 62.4. The van der Waals surface area contributed by atoms with E-state index in [1.54, 1.807) is 0 Å². The van der Waals surface area contributed by atoms with Crippen molar-refractivity contribution in [3.8, 4) is 0 Å². The summed E-state index contributed by atoms with van der Waals surface area (Å²) in [5, 5.41) is 0. The van der Waals surface area contributed by atoms with Crippen LogP contribution in [-0.4, -0.2) is 37.2 Å². The Kier molecular flexibility index (Phi) is 59.7. The standard InChI is InChI=1S/C68H120O6/c1-4-7-10-13-16-19-22-25-28-31-33-34-35-38-40-43-46-49-52-55-58-61-67(70)73-64-65(63-72-66(69)60-57-54-51-48-45-42-39-36-30-27-24-21-18-15-12-9-6-3)74-68(71)62-59-56-53-50-47-44-41-37-32-29-26-23-20-17-14-11-8-5-2/h7,10,16,19,25,28,33-34,38,40,46,49,65H,4-6,8-9,11-15,17-18,20-24,26-27,29-32,35-37,39,41-45,47-48,50-64H2,1-3H3/b10-7-,19-16-,28-25-,34-33-,40-38-,49-46-. The highest BCUT2D eigenvalue weighted by molar-refractivity contribution is 5.71. The molecule has 74 heavy (non-hydrogen) atoms. The van der Waals surface area contributed by atoms with E-state index in [0.717, 1.165) is 96.3 Å². The third-order valence-electron chi connectivity index (χ3n) is 14.0. The molecule has 0 aromatic rings. The molecule has 428 valence electrons. The fourth-order valence-corrected chi connectivity index (χ4v) is 9.21. The van der Waals surface area contributed by atoms with Gasteiger partial charge in [-0.25, -0.2) is 0 Å². The molecule has 0 heterocycles. The van der Waals surface area contributed by atoms with Gasteiger partial charge in [0, 0.05) is 19.3 Å². The highest BCUT2D eigenvalue weighted by Crippen LogP contribution is 2.17. The van der Waals surface area contributed by atoms with Crippen molar-refractivity contribution in [1.29, 1.82) is 0 Å². The Morgan fingerprint density at radius 2 is 0.527 bits per heavy atom. The highest BCUT2D eigenvalue weighted by atomic mass is 16.6. The monoisotopic (exact) mass is 1030 g/mol. The maximum atomic E-state index is 12.9. The number of carbonyl (C=O) groups excluding carboxylic acids is 3. The fraction of sp³-hybridized carbons (Fsp3) is 0.779. The minimum atomic E-state index is -0.791. The minimum Gasteiger partial charge on any atom is -0.462 e. The Balaban J connectivity index is 4.42. The number of esters is 3. The van der Waals surface area contributed by atoms with Gasteiger partial charge >= 0.3 is 17.9 Å². The molecule has 0 aliphatic rings. The summed E-state index contributed by atoms with van der Waals surface area (Å²) < 4.78 is 16.9. The lowest BCUT2D eigenvalue weighted by atomic mass is 10.0. The van der Waals surface area contributed by atoms with E-state index in [1.165, 1.54) is 186 Å². The van der Waals surface area contributed by atoms with Crippen LogP contribution in [0.25, 0.3) is 0 Å². The molecular formula is C68H120O6. The van der Waals surface area contributed by atoms with Gasteiger partial charge in [0.25, 0.3) is 0 Å². The van der Waals surface area contributed by atoms with Crippen molar-refractivity contribution in [3.63, 3.8) is 0 Å². The van der Waals surface area contributed by atoms with E-state index >= 15 is 0 Å². The van der Waals surface area contributed by atoms with Crippen LogP contribution in [0.5, 0.6) is 0 Å². The van der Waals surface area contributed by atoms with Crippen molar-refractivity contribution in [2.75, 3.05) is 13.2 Å². The molecule has 6 heteroatoms. The molecule has 0 aliphatic carbocycles. The van der Waals surface area contributed by atoms with Crippen molar-refractivity contribution in [2.24, 2.45) is 0 Å². The molecule has 0 saturated carbocycles. The molecule has 0 aliphatic heterocycles. The van der Waals surface area contributed by atoms with Crippen LogP contribution in [0.1, 0.15) is 323 Å². The van der Waals surface area contributed by atoms with Gasteiger partial charge in [-0.3, -0.25) is 14.4 Å². The van der Waals surface area contributed by atoms with Gasteiger partial charge < -0.3 is 14.2 Å². The van der Waals surface area contributed by atoms with Gasteiger partial charge in [-0.1, -0.05) is 306 Å². The second-order valence-corrected chi connectivity index (χ2v) is 21.3. The van der Waals surface area contributed by atoms with E-state index in [0.29, 0.717) is 19.3 Å². The molecule has 0 fully saturated rings. The van der Waals surface area contributed by atoms with Crippen LogP contribution in [0, 0.1) is 0 Å². The molecule has 0 spiro atoms.